The average molecular weight is 518 g/mol. The molecule has 1 aliphatic heterocycles. The lowest BCUT2D eigenvalue weighted by molar-refractivity contribution is -0.137. The van der Waals surface area contributed by atoms with Crippen LogP contribution in [0.4, 0.5) is 0 Å². The maximum atomic E-state index is 13.6. The number of fused-ring (bicyclic) bond motifs is 1. The van der Waals surface area contributed by atoms with Crippen LogP contribution in [0.5, 0.6) is 5.75 Å². The Morgan fingerprint density at radius 3 is 2.62 bits per heavy atom. The summed E-state index contributed by atoms with van der Waals surface area (Å²) in [5.41, 5.74) is 5.15. The molecular formula is C30H35N3O3S. The number of aromatic nitrogens is 1. The van der Waals surface area contributed by atoms with Crippen molar-refractivity contribution in [2.24, 2.45) is 5.92 Å². The summed E-state index contributed by atoms with van der Waals surface area (Å²) < 4.78 is 6.14. The maximum Gasteiger partial charge on any atom is 0.270 e. The highest BCUT2D eigenvalue weighted by Crippen LogP contribution is 2.40. The van der Waals surface area contributed by atoms with Gasteiger partial charge in [0.2, 0.25) is 5.91 Å². The number of carbonyl (C=O) groups excluding carboxylic acids is 2. The number of nitrogens with zero attached hydrogens (tertiary/aromatic N) is 2. The molecule has 0 spiro atoms. The molecule has 0 radical (unpaired) electrons. The molecule has 194 valence electrons. The Morgan fingerprint density at radius 2 is 1.89 bits per heavy atom. The fourth-order valence-corrected chi connectivity index (χ4v) is 6.08. The van der Waals surface area contributed by atoms with Gasteiger partial charge in [-0.3, -0.25) is 9.59 Å². The number of hydrogen-bond donors (Lipinski definition) is 1. The van der Waals surface area contributed by atoms with Crippen molar-refractivity contribution in [2.45, 2.75) is 71.6 Å². The Bertz CT molecular complexity index is 1260. The molecule has 1 aliphatic carbocycles. The predicted octanol–water partition coefficient (Wildman–Crippen LogP) is 5.83. The lowest BCUT2D eigenvalue weighted by Crippen LogP contribution is -2.43. The highest BCUT2D eigenvalue weighted by atomic mass is 32.1. The first-order chi connectivity index (χ1) is 17.9. The van der Waals surface area contributed by atoms with Gasteiger partial charge in [0.05, 0.1) is 6.04 Å². The molecular weight excluding hydrogens is 482 g/mol. The molecule has 2 amide bonds. The van der Waals surface area contributed by atoms with E-state index in [9.17, 15) is 9.59 Å². The molecule has 1 aromatic heterocycles. The van der Waals surface area contributed by atoms with E-state index in [1.54, 1.807) is 5.38 Å². The maximum absolute atomic E-state index is 13.6. The zero-order valence-corrected chi connectivity index (χ0v) is 22.6. The number of nitrogens with one attached hydrogen (secondary N) is 1. The second-order valence-corrected chi connectivity index (χ2v) is 11.4. The second kappa shape index (κ2) is 11.1. The van der Waals surface area contributed by atoms with E-state index in [2.05, 4.69) is 58.5 Å². The summed E-state index contributed by atoms with van der Waals surface area (Å²) in [6.45, 7) is 6.97. The van der Waals surface area contributed by atoms with E-state index in [0.717, 1.165) is 60.5 Å². The normalized spacial score (nSPS) is 17.6. The van der Waals surface area contributed by atoms with Gasteiger partial charge < -0.3 is 15.0 Å². The molecule has 2 aromatic carbocycles. The minimum atomic E-state index is -0.167. The molecule has 1 atom stereocenters. The van der Waals surface area contributed by atoms with Crippen LogP contribution < -0.4 is 10.1 Å². The summed E-state index contributed by atoms with van der Waals surface area (Å²) in [5.74, 6) is 1.00. The van der Waals surface area contributed by atoms with Crippen LogP contribution in [-0.4, -0.2) is 34.3 Å². The molecule has 1 saturated carbocycles. The van der Waals surface area contributed by atoms with E-state index in [0.29, 0.717) is 12.3 Å². The summed E-state index contributed by atoms with van der Waals surface area (Å²) in [6, 6.07) is 14.7. The average Bonchev–Trinajstić information content (AvgIpc) is 3.59. The first kappa shape index (κ1) is 25.5. The van der Waals surface area contributed by atoms with Crippen molar-refractivity contribution in [3.05, 3.63) is 80.8 Å². The van der Waals surface area contributed by atoms with Gasteiger partial charge in [0.25, 0.3) is 5.91 Å². The number of hydrogen-bond acceptors (Lipinski definition) is 5. The zero-order chi connectivity index (χ0) is 25.9. The smallest absolute Gasteiger partial charge is 0.270 e. The first-order valence-corrected chi connectivity index (χ1v) is 14.1. The Labute approximate surface area is 223 Å². The van der Waals surface area contributed by atoms with Gasteiger partial charge in [-0.25, -0.2) is 4.98 Å². The van der Waals surface area contributed by atoms with Crippen molar-refractivity contribution in [3.8, 4) is 5.75 Å². The Balaban J connectivity index is 1.39. The minimum absolute atomic E-state index is 0.0611. The van der Waals surface area contributed by atoms with Crippen molar-refractivity contribution < 1.29 is 14.3 Å². The molecule has 37 heavy (non-hydrogen) atoms. The Morgan fingerprint density at radius 1 is 1.14 bits per heavy atom. The number of carbonyl (C=O) groups is 2. The first-order valence-electron chi connectivity index (χ1n) is 13.3. The third-order valence-electron chi connectivity index (χ3n) is 7.29. The van der Waals surface area contributed by atoms with Crippen LogP contribution in [0.2, 0.25) is 0 Å². The van der Waals surface area contributed by atoms with Crippen molar-refractivity contribution in [1.29, 1.82) is 0 Å². The third kappa shape index (κ3) is 5.72. The van der Waals surface area contributed by atoms with Gasteiger partial charge in [-0.15, -0.1) is 11.3 Å². The molecule has 1 fully saturated rings. The summed E-state index contributed by atoms with van der Waals surface area (Å²) in [7, 11) is 0. The van der Waals surface area contributed by atoms with Gasteiger partial charge in [0, 0.05) is 23.9 Å². The molecule has 2 heterocycles. The van der Waals surface area contributed by atoms with E-state index in [-0.39, 0.29) is 29.8 Å². The minimum Gasteiger partial charge on any atom is -0.486 e. The van der Waals surface area contributed by atoms with Crippen LogP contribution >= 0.6 is 11.3 Å². The van der Waals surface area contributed by atoms with Crippen molar-refractivity contribution >= 4 is 23.2 Å². The fourth-order valence-electron chi connectivity index (χ4n) is 5.40. The van der Waals surface area contributed by atoms with Crippen molar-refractivity contribution in [2.75, 3.05) is 6.54 Å². The Kier molecular flexibility index (Phi) is 7.60. The van der Waals surface area contributed by atoms with Crippen molar-refractivity contribution in [1.82, 2.24) is 15.2 Å². The van der Waals surface area contributed by atoms with Gasteiger partial charge in [0.15, 0.2) is 0 Å². The van der Waals surface area contributed by atoms with Gasteiger partial charge in [-0.1, -0.05) is 48.7 Å². The molecule has 5 rings (SSSR count). The molecule has 2 aliphatic rings. The number of ether oxygens (including phenoxy) is 1. The molecule has 1 unspecified atom stereocenters. The van der Waals surface area contributed by atoms with Gasteiger partial charge >= 0.3 is 0 Å². The predicted molar refractivity (Wildman–Crippen MR) is 146 cm³/mol. The summed E-state index contributed by atoms with van der Waals surface area (Å²) >= 11 is 1.42. The van der Waals surface area contributed by atoms with E-state index < -0.39 is 0 Å². The summed E-state index contributed by atoms with van der Waals surface area (Å²) in [5, 5.41) is 5.39. The van der Waals surface area contributed by atoms with E-state index in [1.807, 2.05) is 19.9 Å². The monoisotopic (exact) mass is 517 g/mol. The zero-order valence-electron chi connectivity index (χ0n) is 21.8. The van der Waals surface area contributed by atoms with Crippen LogP contribution in [0.15, 0.2) is 47.8 Å². The highest BCUT2D eigenvalue weighted by molar-refractivity contribution is 7.09. The molecule has 7 heteroatoms. The van der Waals surface area contributed by atoms with E-state index in [1.165, 1.54) is 22.5 Å². The lowest BCUT2D eigenvalue weighted by atomic mass is 9.86. The van der Waals surface area contributed by atoms with Gasteiger partial charge in [-0.2, -0.15) is 0 Å². The fraction of sp³-hybridized carbons (Fsp3) is 0.433. The standard InChI is InChI=1S/C30H35N3O3S/c1-19(2)31-29(34)26-18-37-27(32-26)17-36-24-13-12-21-14-15-33(30(35)23-6-4-5-7-23)28(25(21)16-24)22-10-8-20(3)9-11-22/h8-13,16,18-19,23,28H,4-7,14-15,17H2,1-3H3,(H,31,34). The van der Waals surface area contributed by atoms with Gasteiger partial charge in [0.1, 0.15) is 23.1 Å². The Hall–Kier alpha value is -3.19. The lowest BCUT2D eigenvalue weighted by Gasteiger charge is -2.39. The molecule has 6 nitrogen and oxygen atoms in total. The second-order valence-electron chi connectivity index (χ2n) is 10.5. The van der Waals surface area contributed by atoms with Gasteiger partial charge in [-0.05, 0) is 68.9 Å². The molecule has 3 aromatic rings. The topological polar surface area (TPSA) is 71.5 Å². The molecule has 1 N–H and O–H groups in total. The summed E-state index contributed by atoms with van der Waals surface area (Å²) in [4.78, 5) is 32.4. The number of aryl methyl sites for hydroxylation is 1. The highest BCUT2D eigenvalue weighted by Gasteiger charge is 2.36. The largest absolute Gasteiger partial charge is 0.486 e. The van der Waals surface area contributed by atoms with Crippen LogP contribution in [0.1, 0.15) is 83.3 Å². The number of rotatable bonds is 7. The quantitative estimate of drug-likeness (QED) is 0.428. The molecule has 0 bridgehead atoms. The van der Waals surface area contributed by atoms with Crippen LogP contribution in [-0.2, 0) is 17.8 Å². The third-order valence-corrected chi connectivity index (χ3v) is 8.12. The number of amides is 2. The van der Waals surface area contributed by atoms with Crippen LogP contribution in [0, 0.1) is 12.8 Å². The summed E-state index contributed by atoms with van der Waals surface area (Å²) in [6.07, 6.45) is 5.13. The van der Waals surface area contributed by atoms with E-state index >= 15 is 0 Å². The molecule has 0 saturated heterocycles. The number of benzene rings is 2. The van der Waals surface area contributed by atoms with E-state index in [4.69, 9.17) is 4.74 Å². The van der Waals surface area contributed by atoms with Crippen LogP contribution in [0.3, 0.4) is 0 Å². The van der Waals surface area contributed by atoms with Crippen LogP contribution in [0.25, 0.3) is 0 Å². The number of thiazole rings is 1. The van der Waals surface area contributed by atoms with Crippen molar-refractivity contribution in [3.63, 3.8) is 0 Å². The SMILES string of the molecule is Cc1ccc(C2c3cc(OCc4nc(C(=O)NC(C)C)cs4)ccc3CCN2C(=O)C2CCCC2)cc1.